The van der Waals surface area contributed by atoms with Gasteiger partial charge in [-0.15, -0.1) is 24.0 Å². The number of para-hydroxylation sites is 2. The van der Waals surface area contributed by atoms with E-state index in [1.54, 1.807) is 7.11 Å². The molecule has 0 radical (unpaired) electrons. The predicted octanol–water partition coefficient (Wildman–Crippen LogP) is 3.46. The Morgan fingerprint density at radius 2 is 1.81 bits per heavy atom. The van der Waals surface area contributed by atoms with Crippen LogP contribution in [0, 0.1) is 0 Å². The number of halogens is 1. The third-order valence-corrected chi connectivity index (χ3v) is 5.56. The van der Waals surface area contributed by atoms with Gasteiger partial charge >= 0.3 is 0 Å². The summed E-state index contributed by atoms with van der Waals surface area (Å²) in [6, 6.07) is 18.8. The molecule has 0 amide bonds. The molecule has 0 saturated carbocycles. The summed E-state index contributed by atoms with van der Waals surface area (Å²) in [4.78, 5) is 9.21. The van der Waals surface area contributed by atoms with E-state index in [4.69, 9.17) is 4.74 Å². The number of nitrogens with zero attached hydrogens (tertiary/aromatic N) is 5. The van der Waals surface area contributed by atoms with Crippen molar-refractivity contribution >= 4 is 35.6 Å². The lowest BCUT2D eigenvalue weighted by atomic mass is 10.1. The van der Waals surface area contributed by atoms with Gasteiger partial charge in [-0.2, -0.15) is 5.10 Å². The number of piperazine rings is 1. The lowest BCUT2D eigenvalue weighted by Gasteiger charge is -2.38. The van der Waals surface area contributed by atoms with Crippen molar-refractivity contribution in [2.45, 2.75) is 13.1 Å². The van der Waals surface area contributed by atoms with Gasteiger partial charge in [0.2, 0.25) is 0 Å². The number of methoxy groups -OCH3 is 1. The maximum absolute atomic E-state index is 5.53. The Hall–Kier alpha value is -2.75. The molecule has 170 valence electrons. The van der Waals surface area contributed by atoms with Crippen molar-refractivity contribution in [1.82, 2.24) is 20.0 Å². The second-order valence-corrected chi connectivity index (χ2v) is 7.57. The van der Waals surface area contributed by atoms with Crippen LogP contribution in [0.4, 0.5) is 5.69 Å². The Labute approximate surface area is 207 Å². The molecular weight excluding hydrogens is 515 g/mol. The molecule has 0 aliphatic carbocycles. The van der Waals surface area contributed by atoms with E-state index in [0.717, 1.165) is 56.7 Å². The van der Waals surface area contributed by atoms with Crippen LogP contribution in [0.3, 0.4) is 0 Å². The van der Waals surface area contributed by atoms with E-state index < -0.39 is 0 Å². The molecule has 0 unspecified atom stereocenters. The monoisotopic (exact) mass is 546 g/mol. The minimum Gasteiger partial charge on any atom is -0.495 e. The summed E-state index contributed by atoms with van der Waals surface area (Å²) in [6.45, 7) is 5.21. The second kappa shape index (κ2) is 11.8. The SMILES string of the molecule is CN=C(NCc1cccc(Cn2cccn2)c1)N1CCN(c2ccccc2OC)CC1.I. The molecule has 0 bridgehead atoms. The molecule has 8 heteroatoms. The van der Waals surface area contributed by atoms with Gasteiger partial charge in [0.05, 0.1) is 19.3 Å². The van der Waals surface area contributed by atoms with Gasteiger partial charge in [-0.1, -0.05) is 36.4 Å². The molecule has 2 heterocycles. The second-order valence-electron chi connectivity index (χ2n) is 7.57. The van der Waals surface area contributed by atoms with Crippen molar-refractivity contribution in [3.63, 3.8) is 0 Å². The van der Waals surface area contributed by atoms with Gasteiger partial charge in [-0.05, 0) is 29.3 Å². The van der Waals surface area contributed by atoms with Gasteiger partial charge in [0, 0.05) is 52.2 Å². The molecule has 2 aromatic carbocycles. The van der Waals surface area contributed by atoms with Crippen molar-refractivity contribution in [2.24, 2.45) is 4.99 Å². The van der Waals surface area contributed by atoms with Crippen LogP contribution in [-0.2, 0) is 13.1 Å². The standard InChI is InChI=1S/C24H30N6O.HI/c1-25-24(26-18-20-7-5-8-21(17-20)19-30-12-6-11-27-30)29-15-13-28(14-16-29)22-9-3-4-10-23(22)31-2;/h3-12,17H,13-16,18-19H2,1-2H3,(H,25,26);1H. The van der Waals surface area contributed by atoms with Crippen molar-refractivity contribution in [2.75, 3.05) is 45.2 Å². The lowest BCUT2D eigenvalue weighted by Crippen LogP contribution is -2.52. The van der Waals surface area contributed by atoms with Gasteiger partial charge in [-0.25, -0.2) is 0 Å². The number of hydrogen-bond donors (Lipinski definition) is 1. The fourth-order valence-corrected chi connectivity index (χ4v) is 3.98. The van der Waals surface area contributed by atoms with E-state index in [1.165, 1.54) is 11.1 Å². The molecular formula is C24H31IN6O. The Kier molecular flexibility index (Phi) is 8.78. The Bertz CT molecular complexity index is 999. The number of aliphatic imine (C=N–C) groups is 1. The zero-order valence-corrected chi connectivity index (χ0v) is 21.0. The molecule has 3 aromatic rings. The largest absolute Gasteiger partial charge is 0.495 e. The number of rotatable bonds is 6. The molecule has 1 aromatic heterocycles. The molecule has 1 saturated heterocycles. The number of anilines is 1. The summed E-state index contributed by atoms with van der Waals surface area (Å²) in [6.07, 6.45) is 3.79. The first-order chi connectivity index (χ1) is 15.3. The fraction of sp³-hybridized carbons (Fsp3) is 0.333. The quantitative estimate of drug-likeness (QED) is 0.292. The average molecular weight is 546 g/mol. The zero-order valence-electron chi connectivity index (χ0n) is 18.6. The number of hydrogen-bond acceptors (Lipinski definition) is 4. The van der Waals surface area contributed by atoms with Crippen LogP contribution < -0.4 is 15.0 Å². The molecule has 32 heavy (non-hydrogen) atoms. The molecule has 4 rings (SSSR count). The summed E-state index contributed by atoms with van der Waals surface area (Å²) in [5.41, 5.74) is 3.63. The average Bonchev–Trinajstić information content (AvgIpc) is 3.33. The van der Waals surface area contributed by atoms with Gasteiger partial charge < -0.3 is 19.9 Å². The van der Waals surface area contributed by atoms with Crippen LogP contribution in [0.2, 0.25) is 0 Å². The highest BCUT2D eigenvalue weighted by Gasteiger charge is 2.21. The highest BCUT2D eigenvalue weighted by atomic mass is 127. The predicted molar refractivity (Wildman–Crippen MR) is 140 cm³/mol. The van der Waals surface area contributed by atoms with Crippen LogP contribution >= 0.6 is 24.0 Å². The van der Waals surface area contributed by atoms with Gasteiger partial charge in [-0.3, -0.25) is 9.67 Å². The van der Waals surface area contributed by atoms with Gasteiger partial charge in [0.25, 0.3) is 0 Å². The maximum atomic E-state index is 5.53. The number of nitrogens with one attached hydrogen (secondary N) is 1. The van der Waals surface area contributed by atoms with Crippen LogP contribution in [-0.4, -0.2) is 61.0 Å². The summed E-state index contributed by atoms with van der Waals surface area (Å²) in [5.74, 6) is 1.87. The molecule has 1 aliphatic rings. The van der Waals surface area contributed by atoms with Gasteiger partial charge in [0.1, 0.15) is 5.75 Å². The summed E-state index contributed by atoms with van der Waals surface area (Å²) < 4.78 is 7.46. The first-order valence-corrected chi connectivity index (χ1v) is 10.7. The summed E-state index contributed by atoms with van der Waals surface area (Å²) >= 11 is 0. The lowest BCUT2D eigenvalue weighted by molar-refractivity contribution is 0.367. The normalized spacial score (nSPS) is 14.1. The minimum absolute atomic E-state index is 0. The molecule has 7 nitrogen and oxygen atoms in total. The third kappa shape index (κ3) is 5.93. The van der Waals surface area contributed by atoms with Crippen LogP contribution in [0.25, 0.3) is 0 Å². The van der Waals surface area contributed by atoms with Crippen LogP contribution in [0.15, 0.2) is 72.0 Å². The van der Waals surface area contributed by atoms with Crippen molar-refractivity contribution < 1.29 is 4.74 Å². The Morgan fingerprint density at radius 3 is 2.53 bits per heavy atom. The first kappa shape index (κ1) is 23.9. The van der Waals surface area contributed by atoms with E-state index in [-0.39, 0.29) is 24.0 Å². The molecule has 1 N–H and O–H groups in total. The number of benzene rings is 2. The van der Waals surface area contributed by atoms with E-state index in [1.807, 2.05) is 42.3 Å². The van der Waals surface area contributed by atoms with E-state index in [0.29, 0.717) is 0 Å². The van der Waals surface area contributed by atoms with Crippen molar-refractivity contribution in [1.29, 1.82) is 0 Å². The number of guanidine groups is 1. The van der Waals surface area contributed by atoms with Crippen molar-refractivity contribution in [3.8, 4) is 5.75 Å². The maximum Gasteiger partial charge on any atom is 0.194 e. The van der Waals surface area contributed by atoms with Crippen molar-refractivity contribution in [3.05, 3.63) is 78.1 Å². The number of aromatic nitrogens is 2. The highest BCUT2D eigenvalue weighted by molar-refractivity contribution is 14.0. The molecule has 1 fully saturated rings. The Balaban J connectivity index is 0.00000289. The highest BCUT2D eigenvalue weighted by Crippen LogP contribution is 2.28. The molecule has 1 aliphatic heterocycles. The first-order valence-electron chi connectivity index (χ1n) is 10.7. The zero-order chi connectivity index (χ0) is 21.5. The smallest absolute Gasteiger partial charge is 0.194 e. The molecule has 0 atom stereocenters. The fourth-order valence-electron chi connectivity index (χ4n) is 3.98. The Morgan fingerprint density at radius 1 is 1.03 bits per heavy atom. The number of ether oxygens (including phenoxy) is 1. The summed E-state index contributed by atoms with van der Waals surface area (Å²) in [7, 11) is 3.58. The molecule has 0 spiro atoms. The van der Waals surface area contributed by atoms with E-state index >= 15 is 0 Å². The van der Waals surface area contributed by atoms with E-state index in [9.17, 15) is 0 Å². The van der Waals surface area contributed by atoms with Crippen LogP contribution in [0.1, 0.15) is 11.1 Å². The topological polar surface area (TPSA) is 57.9 Å². The minimum atomic E-state index is 0. The van der Waals surface area contributed by atoms with Crippen LogP contribution in [0.5, 0.6) is 5.75 Å². The van der Waals surface area contributed by atoms with Gasteiger partial charge in [0.15, 0.2) is 5.96 Å². The third-order valence-electron chi connectivity index (χ3n) is 5.56. The van der Waals surface area contributed by atoms with E-state index in [2.05, 4.69) is 61.6 Å². The summed E-state index contributed by atoms with van der Waals surface area (Å²) in [5, 5.41) is 7.82.